The first kappa shape index (κ1) is 21.2. The first-order valence-electron chi connectivity index (χ1n) is 12.5. The first-order valence-corrected chi connectivity index (χ1v) is 13.3. The summed E-state index contributed by atoms with van der Waals surface area (Å²) < 4.78 is 5.03. The number of hydrogen-bond acceptors (Lipinski definition) is 4. The second kappa shape index (κ2) is 8.33. The average Bonchev–Trinajstić information content (AvgIpc) is 3.53. The van der Waals surface area contributed by atoms with Gasteiger partial charge < -0.3 is 4.57 Å². The van der Waals surface area contributed by atoms with E-state index in [2.05, 4.69) is 129 Å². The van der Waals surface area contributed by atoms with Gasteiger partial charge in [-0.3, -0.25) is 0 Å². The largest absolute Gasteiger partial charge is 0.309 e. The number of nitrogens with zero attached hydrogens (tertiary/aromatic N) is 4. The van der Waals surface area contributed by atoms with Crippen molar-refractivity contribution in [2.24, 2.45) is 0 Å². The zero-order valence-electron chi connectivity index (χ0n) is 20.2. The van der Waals surface area contributed by atoms with Gasteiger partial charge in [0.1, 0.15) is 12.7 Å². The summed E-state index contributed by atoms with van der Waals surface area (Å²) in [4.78, 5) is 12.5. The lowest BCUT2D eigenvalue weighted by Gasteiger charge is -2.08. The lowest BCUT2D eigenvalue weighted by atomic mass is 10.00. The Morgan fingerprint density at radius 2 is 1.24 bits per heavy atom. The molecule has 5 heteroatoms. The smallest absolute Gasteiger partial charge is 0.162 e. The number of thiophene rings is 1. The summed E-state index contributed by atoms with van der Waals surface area (Å²) in [6.45, 7) is 0. The Labute approximate surface area is 222 Å². The third-order valence-electron chi connectivity index (χ3n) is 7.25. The number of para-hydroxylation sites is 1. The minimum Gasteiger partial charge on any atom is -0.309 e. The van der Waals surface area contributed by atoms with E-state index in [9.17, 15) is 0 Å². The van der Waals surface area contributed by atoms with Crippen molar-refractivity contribution in [1.29, 1.82) is 0 Å². The monoisotopic (exact) mass is 504 g/mol. The van der Waals surface area contributed by atoms with Gasteiger partial charge in [-0.2, -0.15) is 0 Å². The van der Waals surface area contributed by atoms with Crippen molar-refractivity contribution in [2.45, 2.75) is 0 Å². The van der Waals surface area contributed by atoms with E-state index in [4.69, 9.17) is 0 Å². The predicted molar refractivity (Wildman–Crippen MR) is 158 cm³/mol. The minimum atomic E-state index is 0.680. The molecule has 0 saturated heterocycles. The molecule has 4 nitrogen and oxygen atoms in total. The van der Waals surface area contributed by atoms with Crippen LogP contribution in [0.25, 0.3) is 70.2 Å². The molecule has 0 spiro atoms. The highest BCUT2D eigenvalue weighted by Crippen LogP contribution is 2.44. The molecule has 0 aliphatic carbocycles. The quantitative estimate of drug-likeness (QED) is 0.242. The van der Waals surface area contributed by atoms with E-state index in [1.54, 1.807) is 0 Å². The molecule has 0 radical (unpaired) electrons. The Hall–Kier alpha value is -4.87. The summed E-state index contributed by atoms with van der Waals surface area (Å²) >= 11 is 1.86. The SMILES string of the molecule is c1ccc(-n2c3ccc(-c4ccc(-c5ncncn5)cc4)cc3c3c4c(ccc32)sc2ccccc24)cc1. The van der Waals surface area contributed by atoms with Crippen LogP contribution < -0.4 is 0 Å². The summed E-state index contributed by atoms with van der Waals surface area (Å²) in [5.41, 5.74) is 6.92. The molecular formula is C33H20N4S. The normalized spacial score (nSPS) is 11.7. The van der Waals surface area contributed by atoms with Crippen molar-refractivity contribution >= 4 is 53.3 Å². The van der Waals surface area contributed by atoms with Crippen LogP contribution in [0.3, 0.4) is 0 Å². The highest BCUT2D eigenvalue weighted by Gasteiger charge is 2.18. The van der Waals surface area contributed by atoms with Crippen LogP contribution in [0.4, 0.5) is 0 Å². The molecule has 0 saturated carbocycles. The van der Waals surface area contributed by atoms with Crippen molar-refractivity contribution in [3.63, 3.8) is 0 Å². The van der Waals surface area contributed by atoms with Crippen LogP contribution in [0.2, 0.25) is 0 Å². The molecule has 0 N–H and O–H groups in total. The van der Waals surface area contributed by atoms with Gasteiger partial charge in [0.15, 0.2) is 5.82 Å². The highest BCUT2D eigenvalue weighted by atomic mass is 32.1. The minimum absolute atomic E-state index is 0.680. The summed E-state index contributed by atoms with van der Waals surface area (Å²) in [6, 6.07) is 39.2. The highest BCUT2D eigenvalue weighted by molar-refractivity contribution is 7.26. The Morgan fingerprint density at radius 3 is 2.08 bits per heavy atom. The molecule has 38 heavy (non-hydrogen) atoms. The van der Waals surface area contributed by atoms with E-state index in [-0.39, 0.29) is 0 Å². The second-order valence-electron chi connectivity index (χ2n) is 9.37. The van der Waals surface area contributed by atoms with E-state index < -0.39 is 0 Å². The lowest BCUT2D eigenvalue weighted by Crippen LogP contribution is -1.93. The van der Waals surface area contributed by atoms with E-state index >= 15 is 0 Å². The summed E-state index contributed by atoms with van der Waals surface area (Å²) in [5, 5.41) is 5.22. The summed E-state index contributed by atoms with van der Waals surface area (Å²) in [7, 11) is 0. The molecule has 178 valence electrons. The van der Waals surface area contributed by atoms with Gasteiger partial charge in [-0.1, -0.05) is 66.7 Å². The van der Waals surface area contributed by atoms with Crippen molar-refractivity contribution in [3.8, 4) is 28.2 Å². The fraction of sp³-hybridized carbons (Fsp3) is 0. The first-order chi connectivity index (χ1) is 18.8. The molecule has 3 aromatic heterocycles. The summed E-state index contributed by atoms with van der Waals surface area (Å²) in [5.74, 6) is 0.680. The van der Waals surface area contributed by atoms with Crippen LogP contribution in [0, 0.1) is 0 Å². The van der Waals surface area contributed by atoms with Gasteiger partial charge in [0.2, 0.25) is 0 Å². The maximum atomic E-state index is 4.28. The van der Waals surface area contributed by atoms with E-state index in [1.165, 1.54) is 65.9 Å². The molecule has 8 aromatic rings. The Balaban J connectivity index is 1.41. The van der Waals surface area contributed by atoms with Gasteiger partial charge >= 0.3 is 0 Å². The number of fused-ring (bicyclic) bond motifs is 7. The zero-order chi connectivity index (χ0) is 25.1. The maximum absolute atomic E-state index is 4.28. The predicted octanol–water partition coefficient (Wildman–Crippen LogP) is 8.67. The maximum Gasteiger partial charge on any atom is 0.162 e. The van der Waals surface area contributed by atoms with Crippen LogP contribution in [0.1, 0.15) is 0 Å². The third kappa shape index (κ3) is 3.19. The van der Waals surface area contributed by atoms with Crippen LogP contribution in [-0.2, 0) is 0 Å². The Kier molecular flexibility index (Phi) is 4.66. The van der Waals surface area contributed by atoms with Crippen molar-refractivity contribution < 1.29 is 0 Å². The van der Waals surface area contributed by atoms with Crippen LogP contribution >= 0.6 is 11.3 Å². The molecule has 0 atom stereocenters. The lowest BCUT2D eigenvalue weighted by molar-refractivity contribution is 1.06. The van der Waals surface area contributed by atoms with Crippen molar-refractivity contribution in [2.75, 3.05) is 0 Å². The number of hydrogen-bond donors (Lipinski definition) is 0. The van der Waals surface area contributed by atoms with Gasteiger partial charge in [0.25, 0.3) is 0 Å². The van der Waals surface area contributed by atoms with Crippen LogP contribution in [0.5, 0.6) is 0 Å². The third-order valence-corrected chi connectivity index (χ3v) is 8.39. The molecule has 0 bridgehead atoms. The number of benzene rings is 5. The molecular weight excluding hydrogens is 484 g/mol. The van der Waals surface area contributed by atoms with Gasteiger partial charge in [-0.05, 0) is 53.6 Å². The van der Waals surface area contributed by atoms with Crippen molar-refractivity contribution in [1.82, 2.24) is 19.5 Å². The number of aromatic nitrogens is 4. The van der Waals surface area contributed by atoms with E-state index in [1.807, 2.05) is 11.3 Å². The standard InChI is InChI=1S/C33H20N4S/c1-2-6-24(7-3-1)37-27-15-14-23(21-10-12-22(13-11-21)33-35-19-34-20-36-33)18-26(27)31-28(37)16-17-30-32(31)25-8-4-5-9-29(25)38-30/h1-20H. The van der Waals surface area contributed by atoms with E-state index in [0.717, 1.165) is 11.1 Å². The van der Waals surface area contributed by atoms with E-state index in [0.29, 0.717) is 5.82 Å². The van der Waals surface area contributed by atoms with Crippen LogP contribution in [0.15, 0.2) is 122 Å². The Morgan fingerprint density at radius 1 is 0.526 bits per heavy atom. The van der Waals surface area contributed by atoms with Crippen molar-refractivity contribution in [3.05, 3.63) is 122 Å². The van der Waals surface area contributed by atoms with Crippen LogP contribution in [-0.4, -0.2) is 19.5 Å². The fourth-order valence-corrected chi connectivity index (χ4v) is 6.67. The molecule has 5 aromatic carbocycles. The zero-order valence-corrected chi connectivity index (χ0v) is 21.1. The fourth-order valence-electron chi connectivity index (χ4n) is 5.56. The molecule has 0 unspecified atom stereocenters. The molecule has 0 aliphatic rings. The topological polar surface area (TPSA) is 43.6 Å². The molecule has 0 aliphatic heterocycles. The summed E-state index contributed by atoms with van der Waals surface area (Å²) in [6.07, 6.45) is 3.06. The Bertz CT molecular complexity index is 2110. The molecule has 8 rings (SSSR count). The number of rotatable bonds is 3. The van der Waals surface area contributed by atoms with Gasteiger partial charge in [-0.15, -0.1) is 11.3 Å². The van der Waals surface area contributed by atoms with Gasteiger partial charge in [0, 0.05) is 42.2 Å². The second-order valence-corrected chi connectivity index (χ2v) is 10.5. The van der Waals surface area contributed by atoms with Gasteiger partial charge in [-0.25, -0.2) is 15.0 Å². The molecule has 0 amide bonds. The average molecular weight is 505 g/mol. The molecule has 0 fully saturated rings. The van der Waals surface area contributed by atoms with Gasteiger partial charge in [0.05, 0.1) is 11.0 Å². The molecule has 3 heterocycles.